The van der Waals surface area contributed by atoms with Gasteiger partial charge in [-0.15, -0.1) is 0 Å². The van der Waals surface area contributed by atoms with Crippen molar-refractivity contribution in [3.05, 3.63) is 36.5 Å². The molecule has 0 heterocycles. The summed E-state index contributed by atoms with van der Waals surface area (Å²) in [6, 6.07) is 0. The second-order valence-electron chi connectivity index (χ2n) is 3.91. The van der Waals surface area contributed by atoms with Gasteiger partial charge in [0.1, 0.15) is 0 Å². The van der Waals surface area contributed by atoms with Crippen LogP contribution in [0.2, 0.25) is 0 Å². The molecule has 1 aliphatic rings. The van der Waals surface area contributed by atoms with Gasteiger partial charge in [0.2, 0.25) is 0 Å². The van der Waals surface area contributed by atoms with Crippen LogP contribution in [0.1, 0.15) is 32.6 Å². The van der Waals surface area contributed by atoms with Gasteiger partial charge in [-0.2, -0.15) is 0 Å². The van der Waals surface area contributed by atoms with E-state index in [9.17, 15) is 5.11 Å². The maximum absolute atomic E-state index is 9.41. The molecule has 0 spiro atoms. The highest BCUT2D eigenvalue weighted by atomic mass is 16.3. The topological polar surface area (TPSA) is 20.2 Å². The highest BCUT2D eigenvalue weighted by molar-refractivity contribution is 5.25. The first-order valence-corrected chi connectivity index (χ1v) is 5.41. The largest absolute Gasteiger partial charge is 0.393 e. The molecule has 0 bridgehead atoms. The van der Waals surface area contributed by atoms with Crippen LogP contribution in [0.5, 0.6) is 0 Å². The Labute approximate surface area is 86.8 Å². The lowest BCUT2D eigenvalue weighted by molar-refractivity contribution is 0.116. The molecule has 1 rings (SSSR count). The summed E-state index contributed by atoms with van der Waals surface area (Å²) in [6.07, 6.45) is 12.2. The fraction of sp³-hybridized carbons (Fsp3) is 0.538. The zero-order valence-corrected chi connectivity index (χ0v) is 8.95. The van der Waals surface area contributed by atoms with Gasteiger partial charge in [0.25, 0.3) is 0 Å². The van der Waals surface area contributed by atoms with Gasteiger partial charge in [-0.05, 0) is 44.1 Å². The predicted molar refractivity (Wildman–Crippen MR) is 61.1 cm³/mol. The standard InChI is InChI=1S/C13H20O/c1-3-5-11(6-4-2)12-7-9-13(14)10-8-12/h3-6,12-14H,1,7-10H2,2H3/b6-4-,11-5+. The van der Waals surface area contributed by atoms with Crippen molar-refractivity contribution in [2.24, 2.45) is 5.92 Å². The van der Waals surface area contributed by atoms with Crippen LogP contribution >= 0.6 is 0 Å². The van der Waals surface area contributed by atoms with Crippen molar-refractivity contribution in [1.29, 1.82) is 0 Å². The van der Waals surface area contributed by atoms with Gasteiger partial charge in [-0.3, -0.25) is 0 Å². The van der Waals surface area contributed by atoms with Crippen LogP contribution in [-0.2, 0) is 0 Å². The number of aliphatic hydroxyl groups excluding tert-OH is 1. The van der Waals surface area contributed by atoms with E-state index in [4.69, 9.17) is 0 Å². The third-order valence-corrected chi connectivity index (χ3v) is 2.84. The first-order chi connectivity index (χ1) is 6.77. The Morgan fingerprint density at radius 2 is 1.93 bits per heavy atom. The third kappa shape index (κ3) is 3.15. The van der Waals surface area contributed by atoms with E-state index in [1.165, 1.54) is 5.57 Å². The molecule has 1 aliphatic carbocycles. The van der Waals surface area contributed by atoms with Crippen LogP contribution < -0.4 is 0 Å². The number of aliphatic hydroxyl groups is 1. The van der Waals surface area contributed by atoms with E-state index < -0.39 is 0 Å². The summed E-state index contributed by atoms with van der Waals surface area (Å²) in [5, 5.41) is 9.41. The van der Waals surface area contributed by atoms with Crippen LogP contribution in [0.25, 0.3) is 0 Å². The SMILES string of the molecule is C=C/C=C(\C=C/C)C1CCC(O)CC1. The molecule has 0 atom stereocenters. The van der Waals surface area contributed by atoms with E-state index in [1.807, 2.05) is 13.0 Å². The summed E-state index contributed by atoms with van der Waals surface area (Å²) in [5.41, 5.74) is 1.36. The maximum atomic E-state index is 9.41. The van der Waals surface area contributed by atoms with Gasteiger partial charge >= 0.3 is 0 Å². The second kappa shape index (κ2) is 5.82. The van der Waals surface area contributed by atoms with E-state index >= 15 is 0 Å². The van der Waals surface area contributed by atoms with Crippen LogP contribution in [0.4, 0.5) is 0 Å². The third-order valence-electron chi connectivity index (χ3n) is 2.84. The number of hydrogen-bond donors (Lipinski definition) is 1. The minimum Gasteiger partial charge on any atom is -0.393 e. The van der Waals surface area contributed by atoms with Gasteiger partial charge in [0.15, 0.2) is 0 Å². The molecule has 0 radical (unpaired) electrons. The fourth-order valence-corrected chi connectivity index (χ4v) is 2.07. The molecular weight excluding hydrogens is 172 g/mol. The molecule has 0 amide bonds. The lowest BCUT2D eigenvalue weighted by Gasteiger charge is -2.26. The zero-order valence-electron chi connectivity index (χ0n) is 8.95. The average molecular weight is 192 g/mol. The molecule has 1 nitrogen and oxygen atoms in total. The maximum Gasteiger partial charge on any atom is 0.0540 e. The summed E-state index contributed by atoms with van der Waals surface area (Å²) in [4.78, 5) is 0. The average Bonchev–Trinajstić information content (AvgIpc) is 2.19. The molecule has 0 aromatic rings. The number of hydrogen-bond acceptors (Lipinski definition) is 1. The molecule has 0 aromatic heterocycles. The summed E-state index contributed by atoms with van der Waals surface area (Å²) in [5.74, 6) is 0.618. The Bertz CT molecular complexity index is 230. The van der Waals surface area contributed by atoms with E-state index in [0.29, 0.717) is 5.92 Å². The van der Waals surface area contributed by atoms with Gasteiger partial charge < -0.3 is 5.11 Å². The molecule has 14 heavy (non-hydrogen) atoms. The van der Waals surface area contributed by atoms with Crippen molar-refractivity contribution in [2.45, 2.75) is 38.7 Å². The second-order valence-corrected chi connectivity index (χ2v) is 3.91. The molecule has 1 fully saturated rings. The minimum atomic E-state index is -0.0677. The van der Waals surface area contributed by atoms with Crippen molar-refractivity contribution in [3.8, 4) is 0 Å². The van der Waals surface area contributed by atoms with Gasteiger partial charge in [0, 0.05) is 0 Å². The van der Waals surface area contributed by atoms with Crippen molar-refractivity contribution in [1.82, 2.24) is 0 Å². The summed E-state index contributed by atoms with van der Waals surface area (Å²) in [6.45, 7) is 5.77. The van der Waals surface area contributed by atoms with E-state index in [0.717, 1.165) is 25.7 Å². The monoisotopic (exact) mass is 192 g/mol. The molecule has 0 unspecified atom stereocenters. The van der Waals surface area contributed by atoms with Gasteiger partial charge in [-0.25, -0.2) is 0 Å². The molecule has 1 N–H and O–H groups in total. The van der Waals surface area contributed by atoms with Crippen molar-refractivity contribution in [3.63, 3.8) is 0 Å². The van der Waals surface area contributed by atoms with E-state index in [-0.39, 0.29) is 6.10 Å². The minimum absolute atomic E-state index is 0.0677. The smallest absolute Gasteiger partial charge is 0.0540 e. The molecule has 0 aliphatic heterocycles. The zero-order chi connectivity index (χ0) is 10.4. The fourth-order valence-electron chi connectivity index (χ4n) is 2.07. The van der Waals surface area contributed by atoms with Gasteiger partial charge in [0.05, 0.1) is 6.10 Å². The summed E-state index contributed by atoms with van der Waals surface area (Å²) < 4.78 is 0. The number of allylic oxidation sites excluding steroid dienone is 5. The highest BCUT2D eigenvalue weighted by Crippen LogP contribution is 2.30. The Morgan fingerprint density at radius 1 is 1.29 bits per heavy atom. The Balaban J connectivity index is 2.61. The van der Waals surface area contributed by atoms with Crippen molar-refractivity contribution >= 4 is 0 Å². The van der Waals surface area contributed by atoms with Crippen LogP contribution in [0.15, 0.2) is 36.5 Å². The lowest BCUT2D eigenvalue weighted by atomic mass is 9.82. The van der Waals surface area contributed by atoms with Crippen molar-refractivity contribution < 1.29 is 5.11 Å². The van der Waals surface area contributed by atoms with Gasteiger partial charge in [-0.1, -0.05) is 30.9 Å². The Morgan fingerprint density at radius 3 is 2.43 bits per heavy atom. The normalized spacial score (nSPS) is 29.4. The summed E-state index contributed by atoms with van der Waals surface area (Å²) in [7, 11) is 0. The highest BCUT2D eigenvalue weighted by Gasteiger charge is 2.20. The molecule has 1 heteroatoms. The quantitative estimate of drug-likeness (QED) is 0.681. The molecule has 0 aromatic carbocycles. The van der Waals surface area contributed by atoms with E-state index in [2.05, 4.69) is 24.8 Å². The van der Waals surface area contributed by atoms with Crippen LogP contribution in [0.3, 0.4) is 0 Å². The molecule has 0 saturated heterocycles. The predicted octanol–water partition coefficient (Wildman–Crippen LogP) is 3.23. The number of rotatable bonds is 3. The Kier molecular flexibility index (Phi) is 4.68. The van der Waals surface area contributed by atoms with Crippen LogP contribution in [-0.4, -0.2) is 11.2 Å². The summed E-state index contributed by atoms with van der Waals surface area (Å²) >= 11 is 0. The van der Waals surface area contributed by atoms with E-state index in [1.54, 1.807) is 0 Å². The molecule has 78 valence electrons. The molecule has 1 saturated carbocycles. The first-order valence-electron chi connectivity index (χ1n) is 5.41. The van der Waals surface area contributed by atoms with Crippen molar-refractivity contribution in [2.75, 3.05) is 0 Å². The molecular formula is C13H20O. The lowest BCUT2D eigenvalue weighted by Crippen LogP contribution is -2.19. The van der Waals surface area contributed by atoms with Crippen LogP contribution in [0, 0.1) is 5.92 Å². The Hall–Kier alpha value is -0.820. The first kappa shape index (κ1) is 11.3.